The van der Waals surface area contributed by atoms with Crippen LogP contribution in [0.25, 0.3) is 6.08 Å². The first-order valence-electron chi connectivity index (χ1n) is 5.93. The molecule has 1 aromatic rings. The molecule has 0 saturated heterocycles. The number of hydrogen-bond donors (Lipinski definition) is 1. The quantitative estimate of drug-likeness (QED) is 0.816. The van der Waals surface area contributed by atoms with E-state index in [1.807, 2.05) is 47.4 Å². The van der Waals surface area contributed by atoms with Crippen LogP contribution >= 0.6 is 0 Å². The predicted molar refractivity (Wildman–Crippen MR) is 67.7 cm³/mol. The van der Waals surface area contributed by atoms with Crippen molar-refractivity contribution in [2.45, 2.75) is 18.9 Å². The Morgan fingerprint density at radius 1 is 1.35 bits per heavy atom. The Balaban J connectivity index is 1.86. The first-order valence-corrected chi connectivity index (χ1v) is 5.93. The van der Waals surface area contributed by atoms with E-state index in [9.17, 15) is 4.79 Å². The first kappa shape index (κ1) is 11.9. The van der Waals surface area contributed by atoms with Gasteiger partial charge in [0.05, 0.1) is 6.54 Å². The third kappa shape index (κ3) is 4.04. The van der Waals surface area contributed by atoms with Crippen LogP contribution in [-0.2, 0) is 4.79 Å². The Kier molecular flexibility index (Phi) is 3.94. The van der Waals surface area contributed by atoms with E-state index in [2.05, 4.69) is 0 Å². The fourth-order valence-corrected chi connectivity index (χ4v) is 1.84. The lowest BCUT2D eigenvalue weighted by Gasteiger charge is -2.16. The molecule has 1 N–H and O–H groups in total. The molecule has 1 aliphatic rings. The summed E-state index contributed by atoms with van der Waals surface area (Å²) < 4.78 is 0. The van der Waals surface area contributed by atoms with Crippen LogP contribution in [0.2, 0.25) is 0 Å². The Morgan fingerprint density at radius 2 is 2.06 bits per heavy atom. The molecule has 3 heteroatoms. The minimum Gasteiger partial charge on any atom is -0.480 e. The Morgan fingerprint density at radius 3 is 2.65 bits per heavy atom. The van der Waals surface area contributed by atoms with Crippen molar-refractivity contribution in [2.24, 2.45) is 0 Å². The summed E-state index contributed by atoms with van der Waals surface area (Å²) in [5.74, 6) is -0.745. The molecule has 0 aromatic heterocycles. The summed E-state index contributed by atoms with van der Waals surface area (Å²) in [4.78, 5) is 12.7. The molecular weight excluding hydrogens is 214 g/mol. The van der Waals surface area contributed by atoms with Crippen molar-refractivity contribution in [2.75, 3.05) is 13.1 Å². The van der Waals surface area contributed by atoms with Crippen molar-refractivity contribution < 1.29 is 9.90 Å². The van der Waals surface area contributed by atoms with E-state index in [1.54, 1.807) is 0 Å². The lowest BCUT2D eigenvalue weighted by Crippen LogP contribution is -2.31. The molecule has 0 amide bonds. The second-order valence-corrected chi connectivity index (χ2v) is 4.37. The number of benzene rings is 1. The highest BCUT2D eigenvalue weighted by atomic mass is 16.4. The van der Waals surface area contributed by atoms with Gasteiger partial charge in [-0.3, -0.25) is 9.69 Å². The van der Waals surface area contributed by atoms with Gasteiger partial charge < -0.3 is 5.11 Å². The number of carbonyl (C=O) groups is 1. The largest absolute Gasteiger partial charge is 0.480 e. The molecule has 0 unspecified atom stereocenters. The third-order valence-corrected chi connectivity index (χ3v) is 2.85. The van der Waals surface area contributed by atoms with Gasteiger partial charge in [0.2, 0.25) is 0 Å². The maximum atomic E-state index is 10.7. The van der Waals surface area contributed by atoms with Gasteiger partial charge in [0.25, 0.3) is 0 Å². The lowest BCUT2D eigenvalue weighted by atomic mass is 10.2. The van der Waals surface area contributed by atoms with Gasteiger partial charge in [0.15, 0.2) is 0 Å². The fourth-order valence-electron chi connectivity index (χ4n) is 1.84. The number of carboxylic acid groups (broad SMARTS) is 1. The molecule has 0 heterocycles. The van der Waals surface area contributed by atoms with Gasteiger partial charge in [0.1, 0.15) is 0 Å². The van der Waals surface area contributed by atoms with Crippen LogP contribution in [-0.4, -0.2) is 35.1 Å². The summed E-state index contributed by atoms with van der Waals surface area (Å²) >= 11 is 0. The zero-order valence-electron chi connectivity index (χ0n) is 9.75. The summed E-state index contributed by atoms with van der Waals surface area (Å²) in [6.07, 6.45) is 6.34. The minimum absolute atomic E-state index is 0.143. The van der Waals surface area contributed by atoms with Crippen LogP contribution in [0.4, 0.5) is 0 Å². The standard InChI is InChI=1S/C14H17NO2/c16-14(17)11-15(13-8-9-13)10-4-7-12-5-2-1-3-6-12/h1-7,13H,8-11H2,(H,16,17)/b7-4+. The SMILES string of the molecule is O=C(O)CN(C/C=C/c1ccccc1)C1CC1. The Bertz CT molecular complexity index is 396. The van der Waals surface area contributed by atoms with Crippen LogP contribution in [0, 0.1) is 0 Å². The molecule has 17 heavy (non-hydrogen) atoms. The van der Waals surface area contributed by atoms with Crippen molar-refractivity contribution >= 4 is 12.0 Å². The van der Waals surface area contributed by atoms with Gasteiger partial charge in [-0.2, -0.15) is 0 Å². The molecule has 1 fully saturated rings. The molecule has 1 aliphatic carbocycles. The molecule has 0 atom stereocenters. The van der Waals surface area contributed by atoms with Gasteiger partial charge in [0, 0.05) is 12.6 Å². The highest BCUT2D eigenvalue weighted by molar-refractivity contribution is 5.69. The molecule has 0 bridgehead atoms. The summed E-state index contributed by atoms with van der Waals surface area (Å²) in [6.45, 7) is 0.857. The molecule has 0 spiro atoms. The number of hydrogen-bond acceptors (Lipinski definition) is 2. The molecule has 0 radical (unpaired) electrons. The van der Waals surface area contributed by atoms with Gasteiger partial charge in [-0.1, -0.05) is 42.5 Å². The van der Waals surface area contributed by atoms with Crippen LogP contribution in [0.15, 0.2) is 36.4 Å². The highest BCUT2D eigenvalue weighted by Gasteiger charge is 2.29. The average molecular weight is 231 g/mol. The predicted octanol–water partition coefficient (Wildman–Crippen LogP) is 2.25. The summed E-state index contributed by atoms with van der Waals surface area (Å²) in [5.41, 5.74) is 1.15. The summed E-state index contributed by atoms with van der Waals surface area (Å²) in [6, 6.07) is 10.5. The van der Waals surface area contributed by atoms with Crippen LogP contribution in [0.3, 0.4) is 0 Å². The first-order chi connectivity index (χ1) is 8.25. The van der Waals surface area contributed by atoms with E-state index in [-0.39, 0.29) is 6.54 Å². The third-order valence-electron chi connectivity index (χ3n) is 2.85. The average Bonchev–Trinajstić information content (AvgIpc) is 3.12. The number of aliphatic carboxylic acids is 1. The second-order valence-electron chi connectivity index (χ2n) is 4.37. The second kappa shape index (κ2) is 5.64. The smallest absolute Gasteiger partial charge is 0.317 e. The summed E-state index contributed by atoms with van der Waals surface area (Å²) in [7, 11) is 0. The van der Waals surface area contributed by atoms with E-state index in [0.29, 0.717) is 12.6 Å². The molecule has 1 aromatic carbocycles. The van der Waals surface area contributed by atoms with Gasteiger partial charge in [-0.15, -0.1) is 0 Å². The molecular formula is C14H17NO2. The van der Waals surface area contributed by atoms with E-state index in [1.165, 1.54) is 0 Å². The number of nitrogens with zero attached hydrogens (tertiary/aromatic N) is 1. The van der Waals surface area contributed by atoms with Gasteiger partial charge in [-0.05, 0) is 18.4 Å². The molecule has 3 nitrogen and oxygen atoms in total. The van der Waals surface area contributed by atoms with Crippen LogP contribution in [0.1, 0.15) is 18.4 Å². The van der Waals surface area contributed by atoms with Crippen molar-refractivity contribution in [3.05, 3.63) is 42.0 Å². The monoisotopic (exact) mass is 231 g/mol. The topological polar surface area (TPSA) is 40.5 Å². The highest BCUT2D eigenvalue weighted by Crippen LogP contribution is 2.26. The zero-order chi connectivity index (χ0) is 12.1. The van der Waals surface area contributed by atoms with Crippen LogP contribution in [0.5, 0.6) is 0 Å². The van der Waals surface area contributed by atoms with E-state index >= 15 is 0 Å². The maximum absolute atomic E-state index is 10.7. The lowest BCUT2D eigenvalue weighted by molar-refractivity contribution is -0.138. The van der Waals surface area contributed by atoms with E-state index in [0.717, 1.165) is 18.4 Å². The molecule has 90 valence electrons. The fraction of sp³-hybridized carbons (Fsp3) is 0.357. The summed E-state index contributed by atoms with van der Waals surface area (Å²) in [5, 5.41) is 8.81. The normalized spacial score (nSPS) is 15.6. The molecule has 0 aliphatic heterocycles. The zero-order valence-corrected chi connectivity index (χ0v) is 9.75. The minimum atomic E-state index is -0.745. The van der Waals surface area contributed by atoms with Crippen molar-refractivity contribution in [1.29, 1.82) is 0 Å². The van der Waals surface area contributed by atoms with E-state index < -0.39 is 5.97 Å². The molecule has 2 rings (SSSR count). The number of carboxylic acids is 1. The Hall–Kier alpha value is -1.61. The van der Waals surface area contributed by atoms with Crippen molar-refractivity contribution in [1.82, 2.24) is 4.90 Å². The van der Waals surface area contributed by atoms with Crippen molar-refractivity contribution in [3.63, 3.8) is 0 Å². The number of rotatable bonds is 6. The van der Waals surface area contributed by atoms with E-state index in [4.69, 9.17) is 5.11 Å². The van der Waals surface area contributed by atoms with Gasteiger partial charge in [-0.25, -0.2) is 0 Å². The van der Waals surface area contributed by atoms with Crippen molar-refractivity contribution in [3.8, 4) is 0 Å². The van der Waals surface area contributed by atoms with Gasteiger partial charge >= 0.3 is 5.97 Å². The van der Waals surface area contributed by atoms with Crippen LogP contribution < -0.4 is 0 Å². The maximum Gasteiger partial charge on any atom is 0.317 e. The molecule has 1 saturated carbocycles. The Labute approximate surface area is 101 Å².